The molecule has 0 unspecified atom stereocenters. The molecule has 0 amide bonds. The minimum absolute atomic E-state index is 0.0231. The Morgan fingerprint density at radius 1 is 0.964 bits per heavy atom. The Balaban J connectivity index is 0.000000568. The number of carboxylic acids is 2. The van der Waals surface area contributed by atoms with Gasteiger partial charge in [0.1, 0.15) is 0 Å². The van der Waals surface area contributed by atoms with E-state index >= 15 is 0 Å². The lowest BCUT2D eigenvalue weighted by Gasteiger charge is -2.12. The van der Waals surface area contributed by atoms with Crippen LogP contribution < -0.4 is 14.8 Å². The van der Waals surface area contributed by atoms with Gasteiger partial charge in [0.2, 0.25) is 5.75 Å². The first kappa shape index (κ1) is 23.1. The van der Waals surface area contributed by atoms with Gasteiger partial charge in [0.25, 0.3) is 0 Å². The van der Waals surface area contributed by atoms with Crippen LogP contribution in [0.4, 0.5) is 0 Å². The van der Waals surface area contributed by atoms with Crippen LogP contribution in [-0.4, -0.2) is 48.0 Å². The smallest absolute Gasteiger partial charge is 0.414 e. The zero-order chi connectivity index (χ0) is 21.1. The summed E-state index contributed by atoms with van der Waals surface area (Å²) < 4.78 is 10.3. The Morgan fingerprint density at radius 2 is 1.46 bits per heavy atom. The van der Waals surface area contributed by atoms with Crippen molar-refractivity contribution in [2.45, 2.75) is 13.0 Å². The number of hydrogen-bond donors (Lipinski definition) is 4. The minimum Gasteiger partial charge on any atom is -0.502 e. The lowest BCUT2D eigenvalue weighted by molar-refractivity contribution is -0.159. The van der Waals surface area contributed by atoms with Gasteiger partial charge >= 0.3 is 11.9 Å². The van der Waals surface area contributed by atoms with Crippen molar-refractivity contribution in [1.82, 2.24) is 5.32 Å². The van der Waals surface area contributed by atoms with E-state index in [1.54, 1.807) is 12.1 Å². The highest BCUT2D eigenvalue weighted by molar-refractivity contribution is 6.30. The Bertz CT molecular complexity index is 756. The zero-order valence-electron chi connectivity index (χ0n) is 15.4. The predicted octanol–water partition coefficient (Wildman–Crippen LogP) is 2.55. The van der Waals surface area contributed by atoms with Crippen LogP contribution in [0.5, 0.6) is 17.2 Å². The van der Waals surface area contributed by atoms with E-state index in [1.807, 2.05) is 24.3 Å². The molecule has 152 valence electrons. The topological polar surface area (TPSA) is 125 Å². The number of aliphatic carboxylic acids is 2. The van der Waals surface area contributed by atoms with E-state index in [0.717, 1.165) is 23.6 Å². The third-order valence-corrected chi connectivity index (χ3v) is 3.81. The molecule has 0 atom stereocenters. The summed E-state index contributed by atoms with van der Waals surface area (Å²) in [5.41, 5.74) is 2.22. The van der Waals surface area contributed by atoms with Gasteiger partial charge in [-0.3, -0.25) is 0 Å². The number of carbonyl (C=O) groups is 2. The van der Waals surface area contributed by atoms with E-state index in [4.69, 9.17) is 40.9 Å². The van der Waals surface area contributed by atoms with Crippen LogP contribution in [0.25, 0.3) is 0 Å². The second-order valence-corrected chi connectivity index (χ2v) is 5.95. The molecular formula is C19H22ClNO7. The van der Waals surface area contributed by atoms with E-state index < -0.39 is 11.9 Å². The van der Waals surface area contributed by atoms with E-state index in [2.05, 4.69) is 5.32 Å². The van der Waals surface area contributed by atoms with Crippen LogP contribution in [0.3, 0.4) is 0 Å². The summed E-state index contributed by atoms with van der Waals surface area (Å²) in [6.45, 7) is 1.51. The van der Waals surface area contributed by atoms with E-state index in [9.17, 15) is 5.11 Å². The Labute approximate surface area is 167 Å². The molecule has 0 fully saturated rings. The summed E-state index contributed by atoms with van der Waals surface area (Å²) in [7, 11) is 3.04. The summed E-state index contributed by atoms with van der Waals surface area (Å²) in [4.78, 5) is 18.2. The Morgan fingerprint density at radius 3 is 1.89 bits per heavy atom. The molecule has 28 heavy (non-hydrogen) atoms. The Hall–Kier alpha value is -2.97. The summed E-state index contributed by atoms with van der Waals surface area (Å²) in [6, 6.07) is 11.4. The maximum atomic E-state index is 9.87. The van der Waals surface area contributed by atoms with Gasteiger partial charge in [0.05, 0.1) is 14.2 Å². The van der Waals surface area contributed by atoms with E-state index in [1.165, 1.54) is 19.8 Å². The normalized spacial score (nSPS) is 9.82. The molecule has 0 aliphatic heterocycles. The van der Waals surface area contributed by atoms with Gasteiger partial charge in [-0.05, 0) is 48.4 Å². The molecular weight excluding hydrogens is 390 g/mol. The average Bonchev–Trinajstić information content (AvgIpc) is 2.68. The van der Waals surface area contributed by atoms with Gasteiger partial charge in [0.15, 0.2) is 11.5 Å². The number of hydrogen-bond acceptors (Lipinski definition) is 6. The van der Waals surface area contributed by atoms with Crippen LogP contribution in [0.1, 0.15) is 11.1 Å². The van der Waals surface area contributed by atoms with Crippen molar-refractivity contribution < 1.29 is 34.4 Å². The molecule has 0 saturated heterocycles. The van der Waals surface area contributed by atoms with Crippen LogP contribution in [-0.2, 0) is 22.6 Å². The van der Waals surface area contributed by atoms with E-state index in [-0.39, 0.29) is 5.75 Å². The van der Waals surface area contributed by atoms with Crippen molar-refractivity contribution >= 4 is 23.5 Å². The number of aromatic hydroxyl groups is 1. The van der Waals surface area contributed by atoms with Crippen molar-refractivity contribution in [3.05, 3.63) is 52.5 Å². The lowest BCUT2D eigenvalue weighted by Crippen LogP contribution is -2.16. The number of carboxylic acid groups (broad SMARTS) is 2. The number of benzene rings is 2. The SMILES string of the molecule is COc1cc(CNCCc2ccc(Cl)cc2)cc(OC)c1O.O=C(O)C(=O)O. The van der Waals surface area contributed by atoms with Crippen LogP contribution >= 0.6 is 11.6 Å². The number of halogens is 1. The molecule has 0 heterocycles. The van der Waals surface area contributed by atoms with Gasteiger partial charge in [0, 0.05) is 11.6 Å². The average molecular weight is 412 g/mol. The first-order chi connectivity index (χ1) is 13.3. The molecule has 2 rings (SSSR count). The molecule has 9 heteroatoms. The van der Waals surface area contributed by atoms with Gasteiger partial charge < -0.3 is 30.1 Å². The third kappa shape index (κ3) is 7.73. The number of methoxy groups -OCH3 is 2. The summed E-state index contributed by atoms with van der Waals surface area (Å²) in [5, 5.41) is 28.8. The fraction of sp³-hybridized carbons (Fsp3) is 0.263. The number of phenols is 1. The van der Waals surface area contributed by atoms with Crippen LogP contribution in [0.15, 0.2) is 36.4 Å². The van der Waals surface area contributed by atoms with Gasteiger partial charge in [-0.15, -0.1) is 0 Å². The predicted molar refractivity (Wildman–Crippen MR) is 103 cm³/mol. The highest BCUT2D eigenvalue weighted by Crippen LogP contribution is 2.36. The second-order valence-electron chi connectivity index (χ2n) is 5.51. The fourth-order valence-corrected chi connectivity index (χ4v) is 2.29. The standard InChI is InChI=1S/C17H20ClNO3.C2H2O4/c1-21-15-9-13(10-16(22-2)17(15)20)11-19-8-7-12-3-5-14(18)6-4-12;3-1(4)2(5)6/h3-6,9-10,19-20H,7-8,11H2,1-2H3;(H,3,4)(H,5,6). The van der Waals surface area contributed by atoms with Crippen molar-refractivity contribution in [2.75, 3.05) is 20.8 Å². The first-order valence-electron chi connectivity index (χ1n) is 8.13. The van der Waals surface area contributed by atoms with Crippen molar-refractivity contribution in [1.29, 1.82) is 0 Å². The number of ether oxygens (including phenoxy) is 2. The van der Waals surface area contributed by atoms with Crippen molar-refractivity contribution in [3.8, 4) is 17.2 Å². The summed E-state index contributed by atoms with van der Waals surface area (Å²) in [5.74, 6) is -2.80. The molecule has 8 nitrogen and oxygen atoms in total. The summed E-state index contributed by atoms with van der Waals surface area (Å²) >= 11 is 5.86. The molecule has 0 spiro atoms. The van der Waals surface area contributed by atoms with Crippen LogP contribution in [0, 0.1) is 0 Å². The lowest BCUT2D eigenvalue weighted by atomic mass is 10.1. The quantitative estimate of drug-likeness (QED) is 0.404. The minimum atomic E-state index is -1.82. The molecule has 0 aliphatic carbocycles. The molecule has 0 bridgehead atoms. The molecule has 0 aliphatic rings. The van der Waals surface area contributed by atoms with E-state index in [0.29, 0.717) is 18.0 Å². The third-order valence-electron chi connectivity index (χ3n) is 3.56. The Kier molecular flexibility index (Phi) is 9.63. The zero-order valence-corrected chi connectivity index (χ0v) is 16.2. The molecule has 4 N–H and O–H groups in total. The van der Waals surface area contributed by atoms with Crippen LogP contribution in [0.2, 0.25) is 5.02 Å². The van der Waals surface area contributed by atoms with Gasteiger partial charge in [-0.25, -0.2) is 9.59 Å². The maximum Gasteiger partial charge on any atom is 0.414 e. The molecule has 0 radical (unpaired) electrons. The number of rotatable bonds is 7. The molecule has 2 aromatic rings. The highest BCUT2D eigenvalue weighted by Gasteiger charge is 2.10. The second kappa shape index (κ2) is 11.7. The molecule has 2 aromatic carbocycles. The monoisotopic (exact) mass is 411 g/mol. The van der Waals surface area contributed by atoms with Crippen molar-refractivity contribution in [2.24, 2.45) is 0 Å². The summed E-state index contributed by atoms with van der Waals surface area (Å²) in [6.07, 6.45) is 0.920. The van der Waals surface area contributed by atoms with Gasteiger partial charge in [-0.2, -0.15) is 0 Å². The number of phenolic OH excluding ortho intramolecular Hbond substituents is 1. The fourth-order valence-electron chi connectivity index (χ4n) is 2.17. The molecule has 0 saturated carbocycles. The first-order valence-corrected chi connectivity index (χ1v) is 8.51. The number of nitrogens with one attached hydrogen (secondary N) is 1. The van der Waals surface area contributed by atoms with Gasteiger partial charge in [-0.1, -0.05) is 23.7 Å². The maximum absolute atomic E-state index is 9.87. The van der Waals surface area contributed by atoms with Crippen molar-refractivity contribution in [3.63, 3.8) is 0 Å². The molecule has 0 aromatic heterocycles. The highest BCUT2D eigenvalue weighted by atomic mass is 35.5. The largest absolute Gasteiger partial charge is 0.502 e.